The SMILES string of the molecule is C=CC1(C=C)C(=C)C2([N])C(=C)C(C=C)(C=C)N1N2C1CC(C)(C)NC(C)(C)C1. The lowest BCUT2D eigenvalue weighted by atomic mass is 9.69. The van der Waals surface area contributed by atoms with Gasteiger partial charge in [-0.05, 0) is 51.7 Å². The van der Waals surface area contributed by atoms with Gasteiger partial charge in [-0.15, -0.1) is 32.0 Å². The molecular weight excluding hydrogens is 344 g/mol. The van der Waals surface area contributed by atoms with Crippen LogP contribution in [0.15, 0.2) is 74.9 Å². The first-order valence-electron chi connectivity index (χ1n) is 9.87. The average molecular weight is 379 g/mol. The fraction of sp³-hybridized carbons (Fsp3) is 0.500. The first-order valence-corrected chi connectivity index (χ1v) is 9.87. The number of rotatable bonds is 5. The van der Waals surface area contributed by atoms with Gasteiger partial charge in [0.1, 0.15) is 0 Å². The van der Waals surface area contributed by atoms with E-state index >= 15 is 0 Å². The number of hydrazine groups is 1. The summed E-state index contributed by atoms with van der Waals surface area (Å²) < 4.78 is 0. The third-order valence-electron chi connectivity index (χ3n) is 6.82. The smallest absolute Gasteiger partial charge is 0.166 e. The molecule has 2 bridgehead atoms. The van der Waals surface area contributed by atoms with Gasteiger partial charge in [0, 0.05) is 17.1 Å². The molecule has 3 fully saturated rings. The monoisotopic (exact) mass is 378 g/mol. The predicted octanol–water partition coefficient (Wildman–Crippen LogP) is 3.94. The normalized spacial score (nSPS) is 35.5. The van der Waals surface area contributed by atoms with Crippen molar-refractivity contribution in [1.82, 2.24) is 21.1 Å². The maximum Gasteiger partial charge on any atom is 0.166 e. The van der Waals surface area contributed by atoms with E-state index < -0.39 is 16.7 Å². The molecule has 0 aromatic carbocycles. The molecule has 4 heteroatoms. The van der Waals surface area contributed by atoms with Crippen LogP contribution in [0.2, 0.25) is 0 Å². The quantitative estimate of drug-likeness (QED) is 0.737. The summed E-state index contributed by atoms with van der Waals surface area (Å²) in [7, 11) is 0. The molecule has 28 heavy (non-hydrogen) atoms. The van der Waals surface area contributed by atoms with Gasteiger partial charge in [0.15, 0.2) is 5.66 Å². The van der Waals surface area contributed by atoms with Crippen molar-refractivity contribution < 1.29 is 0 Å². The number of hydrogen-bond acceptors (Lipinski definition) is 3. The zero-order chi connectivity index (χ0) is 21.3. The molecule has 3 rings (SSSR count). The van der Waals surface area contributed by atoms with Crippen LogP contribution in [-0.2, 0) is 0 Å². The van der Waals surface area contributed by atoms with Gasteiger partial charge in [0.05, 0.1) is 11.1 Å². The largest absolute Gasteiger partial charge is 0.307 e. The van der Waals surface area contributed by atoms with Gasteiger partial charge < -0.3 is 5.32 Å². The molecule has 0 unspecified atom stereocenters. The van der Waals surface area contributed by atoms with E-state index in [2.05, 4.69) is 82.5 Å². The second-order valence-corrected chi connectivity index (χ2v) is 9.71. The molecule has 0 aromatic rings. The van der Waals surface area contributed by atoms with Crippen LogP contribution >= 0.6 is 0 Å². The predicted molar refractivity (Wildman–Crippen MR) is 117 cm³/mol. The molecule has 0 atom stereocenters. The van der Waals surface area contributed by atoms with Crippen molar-refractivity contribution in [1.29, 1.82) is 0 Å². The fourth-order valence-corrected chi connectivity index (χ4v) is 5.95. The Labute approximate surface area is 170 Å². The van der Waals surface area contributed by atoms with Gasteiger partial charge in [0.25, 0.3) is 0 Å². The first-order chi connectivity index (χ1) is 12.8. The van der Waals surface area contributed by atoms with E-state index in [4.69, 9.17) is 0 Å². The Morgan fingerprint density at radius 3 is 1.54 bits per heavy atom. The van der Waals surface area contributed by atoms with Gasteiger partial charge in [-0.3, -0.25) is 0 Å². The van der Waals surface area contributed by atoms with Crippen molar-refractivity contribution in [2.24, 2.45) is 0 Å². The van der Waals surface area contributed by atoms with E-state index in [-0.39, 0.29) is 17.1 Å². The Bertz CT molecular complexity index is 712. The van der Waals surface area contributed by atoms with E-state index in [1.165, 1.54) is 0 Å². The Morgan fingerprint density at radius 2 is 1.21 bits per heavy atom. The molecule has 150 valence electrons. The van der Waals surface area contributed by atoms with Gasteiger partial charge in [-0.25, -0.2) is 10.0 Å². The number of nitrogens with one attached hydrogen (secondary N) is 1. The van der Waals surface area contributed by atoms with E-state index in [1.807, 2.05) is 0 Å². The lowest BCUT2D eigenvalue weighted by molar-refractivity contribution is -0.105. The van der Waals surface area contributed by atoms with Crippen LogP contribution in [0.1, 0.15) is 40.5 Å². The zero-order valence-corrected chi connectivity index (χ0v) is 17.9. The van der Waals surface area contributed by atoms with Crippen LogP contribution in [0.25, 0.3) is 0 Å². The molecule has 0 saturated carbocycles. The fourth-order valence-electron chi connectivity index (χ4n) is 5.95. The summed E-state index contributed by atoms with van der Waals surface area (Å²) in [6.45, 7) is 33.6. The summed E-state index contributed by atoms with van der Waals surface area (Å²) >= 11 is 0. The number of nitrogens with zero attached hydrogens (tertiary/aromatic N) is 3. The summed E-state index contributed by atoms with van der Waals surface area (Å²) in [5, 5.41) is 7.86. The highest BCUT2D eigenvalue weighted by molar-refractivity contribution is 5.62. The van der Waals surface area contributed by atoms with Gasteiger partial charge >= 0.3 is 0 Å². The highest BCUT2D eigenvalue weighted by Crippen LogP contribution is 2.63. The van der Waals surface area contributed by atoms with Crippen LogP contribution in [0, 0.1) is 0 Å². The van der Waals surface area contributed by atoms with E-state index in [1.54, 1.807) is 24.3 Å². The number of hydrogen-bond donors (Lipinski definition) is 1. The average Bonchev–Trinajstić information content (AvgIpc) is 2.92. The Balaban J connectivity index is 2.27. The van der Waals surface area contributed by atoms with Crippen molar-refractivity contribution in [2.75, 3.05) is 0 Å². The van der Waals surface area contributed by atoms with Crippen molar-refractivity contribution in [2.45, 2.75) is 74.4 Å². The van der Waals surface area contributed by atoms with Crippen LogP contribution < -0.4 is 11.1 Å². The van der Waals surface area contributed by atoms with E-state index in [0.29, 0.717) is 11.1 Å². The van der Waals surface area contributed by atoms with Crippen LogP contribution in [-0.4, -0.2) is 43.9 Å². The van der Waals surface area contributed by atoms with E-state index in [0.717, 1.165) is 12.8 Å². The minimum atomic E-state index is -1.43. The highest BCUT2D eigenvalue weighted by atomic mass is 15.8. The van der Waals surface area contributed by atoms with Gasteiger partial charge in [0.2, 0.25) is 0 Å². The lowest BCUT2D eigenvalue weighted by Crippen LogP contribution is -2.66. The standard InChI is InChI=1S/C24H34N4/c1-11-22(12-2)17(5)24(25)18(6)23(13-3,14-4)28(22)27(24)19-15-20(7,8)26-21(9,10)16-19/h11-14,19,26H,1-6,15-16H2,7-10H3. The molecule has 4 nitrogen and oxygen atoms in total. The summed E-state index contributed by atoms with van der Waals surface area (Å²) in [4.78, 5) is 0. The first kappa shape index (κ1) is 21.0. The maximum absolute atomic E-state index is 12.1. The van der Waals surface area contributed by atoms with Crippen LogP contribution in [0.4, 0.5) is 0 Å². The molecule has 3 saturated heterocycles. The molecule has 0 spiro atoms. The Kier molecular flexibility index (Phi) is 4.42. The van der Waals surface area contributed by atoms with E-state index in [9.17, 15) is 5.73 Å². The molecule has 1 N–H and O–H groups in total. The molecule has 2 radical (unpaired) electrons. The summed E-state index contributed by atoms with van der Waals surface area (Å²) in [6, 6.07) is 0.0494. The van der Waals surface area contributed by atoms with Crippen molar-refractivity contribution in [3.63, 3.8) is 0 Å². The maximum atomic E-state index is 12.1. The summed E-state index contributed by atoms with van der Waals surface area (Å²) in [5.74, 6) is 0. The molecule has 3 heterocycles. The molecule has 0 aliphatic carbocycles. The highest BCUT2D eigenvalue weighted by Gasteiger charge is 2.74. The second kappa shape index (κ2) is 5.90. The molecule has 3 aliphatic heterocycles. The number of piperidine rings is 2. The van der Waals surface area contributed by atoms with Crippen LogP contribution in [0.3, 0.4) is 0 Å². The van der Waals surface area contributed by atoms with Gasteiger partial charge in [-0.1, -0.05) is 37.5 Å². The molecular formula is C24H34N4. The summed E-state index contributed by atoms with van der Waals surface area (Å²) in [6.07, 6.45) is 8.87. The third-order valence-corrected chi connectivity index (χ3v) is 6.82. The van der Waals surface area contributed by atoms with Crippen molar-refractivity contribution >= 4 is 0 Å². The molecule has 0 amide bonds. The second-order valence-electron chi connectivity index (χ2n) is 9.71. The zero-order valence-electron chi connectivity index (χ0n) is 17.9. The van der Waals surface area contributed by atoms with Crippen molar-refractivity contribution in [3.05, 3.63) is 74.9 Å². The van der Waals surface area contributed by atoms with Crippen LogP contribution in [0.5, 0.6) is 0 Å². The lowest BCUT2D eigenvalue weighted by Gasteiger charge is -2.52. The third kappa shape index (κ3) is 2.26. The summed E-state index contributed by atoms with van der Waals surface area (Å²) in [5.41, 5.74) is 10.0. The molecule has 0 aromatic heterocycles. The minimum Gasteiger partial charge on any atom is -0.307 e. The Hall–Kier alpha value is -1.72. The Morgan fingerprint density at radius 1 is 0.857 bits per heavy atom. The van der Waals surface area contributed by atoms with Gasteiger partial charge in [-0.2, -0.15) is 0 Å². The molecule has 3 aliphatic rings. The van der Waals surface area contributed by atoms with Crippen molar-refractivity contribution in [3.8, 4) is 0 Å². The topological polar surface area (TPSA) is 40.8 Å². The number of fused-ring (bicyclic) bond motifs is 2. The minimum absolute atomic E-state index is 0.0494.